The fourth-order valence-corrected chi connectivity index (χ4v) is 3.50. The molecule has 0 fully saturated rings. The highest BCUT2D eigenvalue weighted by Gasteiger charge is 2.22. The average Bonchev–Trinajstić information content (AvgIpc) is 2.60. The minimum Gasteiger partial charge on any atom is -0.377 e. The van der Waals surface area contributed by atoms with E-state index < -0.39 is 20.6 Å². The van der Waals surface area contributed by atoms with Crippen LogP contribution in [0.15, 0.2) is 46.2 Å². The van der Waals surface area contributed by atoms with Crippen LogP contribution >= 0.6 is 11.6 Å². The van der Waals surface area contributed by atoms with Crippen LogP contribution in [0.25, 0.3) is 6.08 Å². The summed E-state index contributed by atoms with van der Waals surface area (Å²) in [5.74, 6) is -0.891. The van der Waals surface area contributed by atoms with Crippen molar-refractivity contribution in [1.29, 1.82) is 10.5 Å². The summed E-state index contributed by atoms with van der Waals surface area (Å²) in [6.45, 7) is 0. The van der Waals surface area contributed by atoms with Crippen molar-refractivity contribution in [3.05, 3.63) is 63.3 Å². The number of nitriles is 2. The molecule has 0 aliphatic heterocycles. The van der Waals surface area contributed by atoms with Crippen LogP contribution in [0.5, 0.6) is 0 Å². The van der Waals surface area contributed by atoms with Gasteiger partial charge in [0.05, 0.1) is 10.6 Å². The van der Waals surface area contributed by atoms with Crippen molar-refractivity contribution in [1.82, 2.24) is 0 Å². The van der Waals surface area contributed by atoms with Gasteiger partial charge in [-0.1, -0.05) is 11.6 Å². The largest absolute Gasteiger partial charge is 0.377 e. The molecule has 0 saturated heterocycles. The lowest BCUT2D eigenvalue weighted by molar-refractivity contribution is 0.603. The average molecular weight is 390 g/mol. The van der Waals surface area contributed by atoms with Crippen LogP contribution in [0.4, 0.5) is 10.1 Å². The van der Waals surface area contributed by atoms with Gasteiger partial charge in [-0.3, -0.25) is 0 Å². The lowest BCUT2D eigenvalue weighted by Gasteiger charge is -2.15. The van der Waals surface area contributed by atoms with E-state index in [0.717, 1.165) is 6.08 Å². The molecule has 0 atom stereocenters. The second kappa shape index (κ2) is 7.57. The first-order valence-electron chi connectivity index (χ1n) is 7.24. The zero-order chi connectivity index (χ0) is 19.5. The molecule has 0 unspecified atom stereocenters. The van der Waals surface area contributed by atoms with Gasteiger partial charge in [0, 0.05) is 24.7 Å². The summed E-state index contributed by atoms with van der Waals surface area (Å²) >= 11 is 5.74. The zero-order valence-electron chi connectivity index (χ0n) is 13.9. The van der Waals surface area contributed by atoms with E-state index in [-0.39, 0.29) is 16.0 Å². The Hall–Kier alpha value is -2.87. The number of benzene rings is 2. The van der Waals surface area contributed by atoms with Gasteiger partial charge in [-0.15, -0.1) is 0 Å². The lowest BCUT2D eigenvalue weighted by atomic mass is 10.1. The molecule has 2 rings (SSSR count). The van der Waals surface area contributed by atoms with Crippen LogP contribution in [0.1, 0.15) is 11.1 Å². The molecule has 2 aromatic rings. The monoisotopic (exact) mass is 389 g/mol. The maximum absolute atomic E-state index is 14.6. The zero-order valence-corrected chi connectivity index (χ0v) is 15.4. The van der Waals surface area contributed by atoms with Crippen molar-refractivity contribution in [2.45, 2.75) is 4.90 Å². The summed E-state index contributed by atoms with van der Waals surface area (Å²) in [4.78, 5) is 0.783. The Morgan fingerprint density at radius 3 is 2.27 bits per heavy atom. The van der Waals surface area contributed by atoms with Gasteiger partial charge in [0.25, 0.3) is 0 Å². The van der Waals surface area contributed by atoms with Crippen LogP contribution in [-0.2, 0) is 9.84 Å². The normalized spacial score (nSPS) is 11.5. The predicted octanol–water partition coefficient (Wildman–Crippen LogP) is 3.76. The van der Waals surface area contributed by atoms with Crippen molar-refractivity contribution in [3.63, 3.8) is 0 Å². The highest BCUT2D eigenvalue weighted by molar-refractivity contribution is 7.95. The number of allylic oxidation sites excluding steroid dienone is 1. The van der Waals surface area contributed by atoms with E-state index in [1.165, 1.54) is 36.4 Å². The van der Waals surface area contributed by atoms with E-state index in [1.807, 2.05) is 0 Å². The third-order valence-electron chi connectivity index (χ3n) is 3.55. The first-order valence-corrected chi connectivity index (χ1v) is 9.11. The second-order valence-corrected chi connectivity index (χ2v) is 7.80. The quantitative estimate of drug-likeness (QED) is 0.743. The minimum absolute atomic E-state index is 0.138. The maximum atomic E-state index is 14.6. The number of sulfone groups is 1. The van der Waals surface area contributed by atoms with E-state index in [0.29, 0.717) is 10.7 Å². The van der Waals surface area contributed by atoms with E-state index in [4.69, 9.17) is 11.6 Å². The fraction of sp³-hybridized carbons (Fsp3) is 0.111. The van der Waals surface area contributed by atoms with Gasteiger partial charge in [0.1, 0.15) is 28.4 Å². The highest BCUT2D eigenvalue weighted by Crippen LogP contribution is 2.28. The van der Waals surface area contributed by atoms with Crippen LogP contribution in [0, 0.1) is 28.5 Å². The van der Waals surface area contributed by atoms with Crippen molar-refractivity contribution in [2.75, 3.05) is 19.0 Å². The predicted molar refractivity (Wildman–Crippen MR) is 97.7 cm³/mol. The molecule has 5 nitrogen and oxygen atoms in total. The number of anilines is 1. The van der Waals surface area contributed by atoms with Gasteiger partial charge in [0.2, 0.25) is 9.84 Å². The number of halogens is 2. The standard InChI is InChI=1S/C18H13ClFN3O2S/c1-23(2)17-8-3-12(18(20)16(17)11-22)9-15(10-21)26(24,25)14-6-4-13(19)5-7-14/h3-9H,1-2H3/b15-9+. The molecule has 2 aromatic carbocycles. The van der Waals surface area contributed by atoms with Gasteiger partial charge < -0.3 is 4.90 Å². The Balaban J connectivity index is 2.62. The smallest absolute Gasteiger partial charge is 0.216 e. The summed E-state index contributed by atoms with van der Waals surface area (Å²) in [5.41, 5.74) is -0.0487. The fourth-order valence-electron chi connectivity index (χ4n) is 2.22. The molecule has 0 amide bonds. The van der Waals surface area contributed by atoms with Crippen molar-refractivity contribution in [3.8, 4) is 12.1 Å². The molecule has 0 spiro atoms. The summed E-state index contributed by atoms with van der Waals surface area (Å²) in [6, 6.07) is 11.4. The second-order valence-electron chi connectivity index (χ2n) is 5.45. The SMILES string of the molecule is CN(C)c1ccc(/C=C(\C#N)S(=O)(=O)c2ccc(Cl)cc2)c(F)c1C#N. The van der Waals surface area contributed by atoms with Gasteiger partial charge in [-0.2, -0.15) is 10.5 Å². The Morgan fingerprint density at radius 2 is 1.77 bits per heavy atom. The molecule has 0 bridgehead atoms. The first-order chi connectivity index (χ1) is 12.2. The number of hydrogen-bond donors (Lipinski definition) is 0. The first kappa shape index (κ1) is 19.5. The Labute approximate surface area is 156 Å². The topological polar surface area (TPSA) is 85.0 Å². The van der Waals surface area contributed by atoms with Crippen molar-refractivity contribution >= 4 is 33.2 Å². The summed E-state index contributed by atoms with van der Waals surface area (Å²) < 4.78 is 39.8. The van der Waals surface area contributed by atoms with Gasteiger partial charge >= 0.3 is 0 Å². The molecule has 26 heavy (non-hydrogen) atoms. The van der Waals surface area contributed by atoms with E-state index >= 15 is 0 Å². The summed E-state index contributed by atoms with van der Waals surface area (Å²) in [5, 5.41) is 18.8. The van der Waals surface area contributed by atoms with Crippen LogP contribution in [0.2, 0.25) is 5.02 Å². The summed E-state index contributed by atoms with van der Waals surface area (Å²) in [7, 11) is -0.848. The highest BCUT2D eigenvalue weighted by atomic mass is 35.5. The van der Waals surface area contributed by atoms with Crippen molar-refractivity contribution < 1.29 is 12.8 Å². The molecule has 8 heteroatoms. The molecule has 0 heterocycles. The van der Waals surface area contributed by atoms with Gasteiger partial charge in [-0.05, 0) is 42.5 Å². The van der Waals surface area contributed by atoms with Gasteiger partial charge in [0.15, 0.2) is 0 Å². The third kappa shape index (κ3) is 3.70. The van der Waals surface area contributed by atoms with E-state index in [1.54, 1.807) is 31.1 Å². The Morgan fingerprint density at radius 1 is 1.15 bits per heavy atom. The third-order valence-corrected chi connectivity index (χ3v) is 5.49. The molecule has 0 radical (unpaired) electrons. The van der Waals surface area contributed by atoms with E-state index in [2.05, 4.69) is 0 Å². The Kier molecular flexibility index (Phi) is 5.66. The Bertz CT molecular complexity index is 1060. The van der Waals surface area contributed by atoms with Crippen molar-refractivity contribution in [2.24, 2.45) is 0 Å². The molecule has 0 saturated carbocycles. The molecular formula is C18H13ClFN3O2S. The van der Waals surface area contributed by atoms with Crippen LogP contribution in [-0.4, -0.2) is 22.5 Å². The van der Waals surface area contributed by atoms with E-state index in [9.17, 15) is 23.3 Å². The molecule has 0 aliphatic carbocycles. The maximum Gasteiger partial charge on any atom is 0.216 e. The summed E-state index contributed by atoms with van der Waals surface area (Å²) in [6.07, 6.45) is 0.916. The number of hydrogen-bond acceptors (Lipinski definition) is 5. The van der Waals surface area contributed by atoms with Crippen LogP contribution in [0.3, 0.4) is 0 Å². The lowest BCUT2D eigenvalue weighted by Crippen LogP contribution is -2.12. The molecule has 0 aliphatic rings. The molecule has 0 aromatic heterocycles. The molecular weight excluding hydrogens is 377 g/mol. The molecule has 132 valence electrons. The van der Waals surface area contributed by atoms with Crippen LogP contribution < -0.4 is 4.90 Å². The number of nitrogens with zero attached hydrogens (tertiary/aromatic N) is 3. The van der Waals surface area contributed by atoms with Gasteiger partial charge in [-0.25, -0.2) is 12.8 Å². The molecule has 0 N–H and O–H groups in total. The number of rotatable bonds is 4. The minimum atomic E-state index is -4.15.